The fourth-order valence-electron chi connectivity index (χ4n) is 1.36. The summed E-state index contributed by atoms with van der Waals surface area (Å²) in [5.74, 6) is 0.617. The lowest BCUT2D eigenvalue weighted by atomic mass is 10.2. The summed E-state index contributed by atoms with van der Waals surface area (Å²) in [6, 6.07) is 9.16. The van der Waals surface area contributed by atoms with Gasteiger partial charge in [0.05, 0.1) is 7.11 Å². The number of benzene rings is 1. The van der Waals surface area contributed by atoms with Gasteiger partial charge in [-0.05, 0) is 29.8 Å². The van der Waals surface area contributed by atoms with Gasteiger partial charge in [0.25, 0.3) is 5.91 Å². The maximum absolute atomic E-state index is 11.6. The topological polar surface area (TPSA) is 44.1 Å². The van der Waals surface area contributed by atoms with E-state index in [1.54, 1.807) is 31.6 Å². The van der Waals surface area contributed by atoms with Crippen molar-refractivity contribution in [3.63, 3.8) is 0 Å². The minimum absolute atomic E-state index is 0.175. The largest absolute Gasteiger partial charge is 0.497 e. The quantitative estimate of drug-likeness (QED) is 0.757. The molecule has 0 aliphatic carbocycles. The molecule has 4 nitrogen and oxygen atoms in total. The molecular formula is C13H12N2O2. The zero-order valence-corrected chi connectivity index (χ0v) is 9.41. The Bertz CT molecular complexity index is 513. The molecule has 0 amide bonds. The van der Waals surface area contributed by atoms with Crippen LogP contribution in [0.15, 0.2) is 48.8 Å². The lowest BCUT2D eigenvalue weighted by Crippen LogP contribution is -2.06. The summed E-state index contributed by atoms with van der Waals surface area (Å²) < 4.78 is 6.33. The molecule has 0 aliphatic rings. The highest BCUT2D eigenvalue weighted by atomic mass is 16.5. The second-order valence-corrected chi connectivity index (χ2v) is 3.40. The molecule has 0 aliphatic heterocycles. The highest BCUT2D eigenvalue weighted by molar-refractivity contribution is 5.92. The first-order valence-electron chi connectivity index (χ1n) is 5.16. The van der Waals surface area contributed by atoms with Gasteiger partial charge in [0, 0.05) is 18.5 Å². The third kappa shape index (κ3) is 2.81. The van der Waals surface area contributed by atoms with E-state index in [-0.39, 0.29) is 5.91 Å². The Hall–Kier alpha value is -2.36. The second kappa shape index (κ2) is 5.12. The van der Waals surface area contributed by atoms with E-state index < -0.39 is 0 Å². The molecule has 86 valence electrons. The minimum Gasteiger partial charge on any atom is -0.497 e. The van der Waals surface area contributed by atoms with Crippen LogP contribution in [0.4, 0.5) is 0 Å². The highest BCUT2D eigenvalue weighted by Gasteiger charge is 1.98. The number of aromatic nitrogens is 2. The molecule has 0 N–H and O–H groups in total. The molecule has 0 atom stereocenters. The molecule has 0 spiro atoms. The van der Waals surface area contributed by atoms with Gasteiger partial charge in [-0.25, -0.2) is 4.68 Å². The number of hydrogen-bond donors (Lipinski definition) is 0. The molecule has 0 saturated carbocycles. The molecule has 0 radical (unpaired) electrons. The fraction of sp³-hybridized carbons (Fsp3) is 0.0769. The zero-order chi connectivity index (χ0) is 12.1. The first-order valence-corrected chi connectivity index (χ1v) is 5.16. The van der Waals surface area contributed by atoms with Gasteiger partial charge >= 0.3 is 0 Å². The maximum Gasteiger partial charge on any atom is 0.270 e. The zero-order valence-electron chi connectivity index (χ0n) is 9.41. The third-order valence-electron chi connectivity index (χ3n) is 2.26. The summed E-state index contributed by atoms with van der Waals surface area (Å²) in [6.45, 7) is 0. The number of rotatable bonds is 3. The van der Waals surface area contributed by atoms with Crippen LogP contribution in [0.1, 0.15) is 10.4 Å². The Kier molecular flexibility index (Phi) is 3.35. The van der Waals surface area contributed by atoms with Crippen LogP contribution in [0.5, 0.6) is 5.75 Å². The van der Waals surface area contributed by atoms with Crippen LogP contribution in [0.2, 0.25) is 0 Å². The smallest absolute Gasteiger partial charge is 0.270 e. The van der Waals surface area contributed by atoms with E-state index in [4.69, 9.17) is 4.74 Å². The van der Waals surface area contributed by atoms with Gasteiger partial charge in [0.2, 0.25) is 0 Å². The van der Waals surface area contributed by atoms with Crippen molar-refractivity contribution in [3.05, 3.63) is 54.4 Å². The van der Waals surface area contributed by atoms with Crippen LogP contribution < -0.4 is 4.74 Å². The van der Waals surface area contributed by atoms with E-state index >= 15 is 0 Å². The molecule has 17 heavy (non-hydrogen) atoms. The van der Waals surface area contributed by atoms with Crippen LogP contribution >= 0.6 is 0 Å². The first-order chi connectivity index (χ1) is 8.29. The van der Waals surface area contributed by atoms with E-state index in [9.17, 15) is 4.79 Å². The van der Waals surface area contributed by atoms with E-state index in [2.05, 4.69) is 5.10 Å². The standard InChI is InChI=1S/C13H12N2O2/c1-17-12-6-3-11(4-7-12)5-8-13(16)15-10-2-9-14-15/h2-10H,1H3/b8-5+. The van der Waals surface area contributed by atoms with Gasteiger partial charge in [-0.1, -0.05) is 12.1 Å². The van der Waals surface area contributed by atoms with E-state index in [1.807, 2.05) is 24.3 Å². The lowest BCUT2D eigenvalue weighted by Gasteiger charge is -1.99. The fourth-order valence-corrected chi connectivity index (χ4v) is 1.36. The van der Waals surface area contributed by atoms with Gasteiger partial charge in [-0.2, -0.15) is 5.10 Å². The first kappa shape index (κ1) is 11.1. The average Bonchev–Trinajstić information content (AvgIpc) is 2.90. The number of nitrogens with zero attached hydrogens (tertiary/aromatic N) is 2. The summed E-state index contributed by atoms with van der Waals surface area (Å²) >= 11 is 0. The monoisotopic (exact) mass is 228 g/mol. The summed E-state index contributed by atoms with van der Waals surface area (Å²) in [5, 5.41) is 3.85. The Labute approximate surface area is 99.1 Å². The van der Waals surface area contributed by atoms with Gasteiger partial charge in [0.1, 0.15) is 5.75 Å². The number of ether oxygens (including phenoxy) is 1. The number of allylic oxidation sites excluding steroid dienone is 1. The van der Waals surface area contributed by atoms with Crippen molar-refractivity contribution in [1.29, 1.82) is 0 Å². The maximum atomic E-state index is 11.6. The molecule has 1 heterocycles. The van der Waals surface area contributed by atoms with Crippen molar-refractivity contribution in [2.45, 2.75) is 0 Å². The van der Waals surface area contributed by atoms with Crippen molar-refractivity contribution in [3.8, 4) is 5.75 Å². The molecule has 2 rings (SSSR count). The van der Waals surface area contributed by atoms with Crippen LogP contribution in [0.25, 0.3) is 6.08 Å². The number of carbonyl (C=O) groups excluding carboxylic acids is 1. The summed E-state index contributed by atoms with van der Waals surface area (Å²) in [7, 11) is 1.62. The van der Waals surface area contributed by atoms with Crippen molar-refractivity contribution in [2.24, 2.45) is 0 Å². The number of methoxy groups -OCH3 is 1. The van der Waals surface area contributed by atoms with E-state index in [0.29, 0.717) is 0 Å². The number of hydrogen-bond acceptors (Lipinski definition) is 3. The molecule has 0 unspecified atom stereocenters. The Morgan fingerprint density at radius 1 is 1.35 bits per heavy atom. The van der Waals surface area contributed by atoms with Crippen LogP contribution in [-0.2, 0) is 0 Å². The summed E-state index contributed by atoms with van der Waals surface area (Å²) in [5.41, 5.74) is 0.936. The van der Waals surface area contributed by atoms with Crippen LogP contribution in [0, 0.1) is 0 Å². The Balaban J connectivity index is 2.07. The molecule has 1 aromatic carbocycles. The summed E-state index contributed by atoms with van der Waals surface area (Å²) in [4.78, 5) is 11.6. The molecule has 0 saturated heterocycles. The van der Waals surface area contributed by atoms with E-state index in [0.717, 1.165) is 11.3 Å². The van der Waals surface area contributed by atoms with Crippen LogP contribution in [0.3, 0.4) is 0 Å². The average molecular weight is 228 g/mol. The van der Waals surface area contributed by atoms with Crippen molar-refractivity contribution in [1.82, 2.24) is 9.78 Å². The molecule has 0 fully saturated rings. The van der Waals surface area contributed by atoms with Crippen molar-refractivity contribution >= 4 is 12.0 Å². The highest BCUT2D eigenvalue weighted by Crippen LogP contribution is 2.12. The van der Waals surface area contributed by atoms with Gasteiger partial charge in [-0.3, -0.25) is 4.79 Å². The molecule has 1 aromatic heterocycles. The van der Waals surface area contributed by atoms with Gasteiger partial charge in [-0.15, -0.1) is 0 Å². The Morgan fingerprint density at radius 3 is 2.71 bits per heavy atom. The SMILES string of the molecule is COc1ccc(/C=C/C(=O)n2cccn2)cc1. The van der Waals surface area contributed by atoms with Crippen molar-refractivity contribution < 1.29 is 9.53 Å². The molecular weight excluding hydrogens is 216 g/mol. The van der Waals surface area contributed by atoms with Gasteiger partial charge in [0.15, 0.2) is 0 Å². The third-order valence-corrected chi connectivity index (χ3v) is 2.26. The predicted molar refractivity (Wildman–Crippen MR) is 64.9 cm³/mol. The molecule has 4 heteroatoms. The minimum atomic E-state index is -0.175. The predicted octanol–water partition coefficient (Wildman–Crippen LogP) is 2.25. The van der Waals surface area contributed by atoms with Crippen LogP contribution in [-0.4, -0.2) is 22.8 Å². The number of carbonyl (C=O) groups is 1. The van der Waals surface area contributed by atoms with E-state index in [1.165, 1.54) is 10.8 Å². The molecule has 2 aromatic rings. The van der Waals surface area contributed by atoms with Crippen molar-refractivity contribution in [2.75, 3.05) is 7.11 Å². The Morgan fingerprint density at radius 2 is 2.12 bits per heavy atom. The normalized spacial score (nSPS) is 10.6. The lowest BCUT2D eigenvalue weighted by molar-refractivity contribution is 0.0955. The summed E-state index contributed by atoms with van der Waals surface area (Å²) in [6.07, 6.45) is 6.40. The molecule has 0 bridgehead atoms. The van der Waals surface area contributed by atoms with Gasteiger partial charge < -0.3 is 4.74 Å². The second-order valence-electron chi connectivity index (χ2n) is 3.40.